The zero-order valence-corrected chi connectivity index (χ0v) is 12.6. The Kier molecular flexibility index (Phi) is 4.39. The first-order valence-corrected chi connectivity index (χ1v) is 7.44. The molecule has 22 heavy (non-hydrogen) atoms. The fraction of sp³-hybridized carbons (Fsp3) is 0.375. The van der Waals surface area contributed by atoms with E-state index in [4.69, 9.17) is 0 Å². The van der Waals surface area contributed by atoms with Gasteiger partial charge in [0.25, 0.3) is 5.91 Å². The van der Waals surface area contributed by atoms with Crippen LogP contribution >= 0.6 is 0 Å². The van der Waals surface area contributed by atoms with Crippen LogP contribution in [0, 0.1) is 0 Å². The number of carbonyl (C=O) groups excluding carboxylic acids is 1. The monoisotopic (exact) mass is 297 g/mol. The van der Waals surface area contributed by atoms with Crippen LogP contribution in [0.25, 0.3) is 0 Å². The molecule has 0 aliphatic carbocycles. The van der Waals surface area contributed by atoms with Crippen LogP contribution in [0.15, 0.2) is 36.8 Å². The van der Waals surface area contributed by atoms with Crippen LogP contribution in [-0.2, 0) is 6.54 Å². The third kappa shape index (κ3) is 3.28. The first-order valence-electron chi connectivity index (χ1n) is 7.44. The molecule has 0 bridgehead atoms. The average Bonchev–Trinajstić information content (AvgIpc) is 3.00. The lowest BCUT2D eigenvalue weighted by Crippen LogP contribution is -2.24. The highest BCUT2D eigenvalue weighted by Crippen LogP contribution is 2.30. The second kappa shape index (κ2) is 6.62. The standard InChI is InChI=1S/C16H19N5O/c1-21-8-2-3-15(21)13-5-6-17-14(9-13)16(22)18-10-12-4-7-19-20-11-12/h4-7,9,11,15H,2-3,8,10H2,1H3,(H,18,22)/t15-/m1/s1. The van der Waals surface area contributed by atoms with Gasteiger partial charge < -0.3 is 5.32 Å². The molecule has 1 aliphatic rings. The molecule has 3 heterocycles. The second-order valence-electron chi connectivity index (χ2n) is 5.55. The van der Waals surface area contributed by atoms with E-state index in [1.165, 1.54) is 6.42 Å². The van der Waals surface area contributed by atoms with Crippen molar-refractivity contribution in [2.45, 2.75) is 25.4 Å². The topological polar surface area (TPSA) is 71.0 Å². The van der Waals surface area contributed by atoms with Crippen molar-refractivity contribution in [2.24, 2.45) is 0 Å². The molecule has 0 radical (unpaired) electrons. The van der Waals surface area contributed by atoms with Crippen molar-refractivity contribution < 1.29 is 4.79 Å². The Morgan fingerprint density at radius 1 is 1.36 bits per heavy atom. The Balaban J connectivity index is 1.67. The van der Waals surface area contributed by atoms with Gasteiger partial charge in [-0.2, -0.15) is 10.2 Å². The Morgan fingerprint density at radius 3 is 3.00 bits per heavy atom. The van der Waals surface area contributed by atoms with Gasteiger partial charge in [0.05, 0.1) is 6.20 Å². The van der Waals surface area contributed by atoms with E-state index >= 15 is 0 Å². The average molecular weight is 297 g/mol. The molecule has 114 valence electrons. The number of amides is 1. The first kappa shape index (κ1) is 14.6. The fourth-order valence-electron chi connectivity index (χ4n) is 2.81. The van der Waals surface area contributed by atoms with Crippen LogP contribution in [0.1, 0.15) is 40.5 Å². The van der Waals surface area contributed by atoms with Crippen LogP contribution < -0.4 is 5.32 Å². The molecule has 0 aromatic carbocycles. The number of pyridine rings is 1. The minimum atomic E-state index is -0.167. The fourth-order valence-corrected chi connectivity index (χ4v) is 2.81. The molecule has 1 atom stereocenters. The molecule has 6 heteroatoms. The lowest BCUT2D eigenvalue weighted by molar-refractivity contribution is 0.0945. The second-order valence-corrected chi connectivity index (χ2v) is 5.55. The zero-order chi connectivity index (χ0) is 15.4. The van der Waals surface area contributed by atoms with Crippen molar-refractivity contribution in [3.63, 3.8) is 0 Å². The molecule has 1 saturated heterocycles. The molecule has 6 nitrogen and oxygen atoms in total. The number of hydrogen-bond acceptors (Lipinski definition) is 5. The quantitative estimate of drug-likeness (QED) is 0.927. The van der Waals surface area contributed by atoms with E-state index in [0.29, 0.717) is 18.3 Å². The first-order chi connectivity index (χ1) is 10.7. The van der Waals surface area contributed by atoms with Crippen molar-refractivity contribution >= 4 is 5.91 Å². The van der Waals surface area contributed by atoms with E-state index in [1.807, 2.05) is 18.2 Å². The third-order valence-electron chi connectivity index (χ3n) is 4.02. The highest BCUT2D eigenvalue weighted by Gasteiger charge is 2.23. The van der Waals surface area contributed by atoms with Gasteiger partial charge in [-0.05, 0) is 55.8 Å². The molecule has 3 rings (SSSR count). The molecule has 0 unspecified atom stereocenters. The molecule has 0 spiro atoms. The maximum atomic E-state index is 12.2. The predicted octanol–water partition coefficient (Wildman–Crippen LogP) is 1.57. The van der Waals surface area contributed by atoms with Gasteiger partial charge in [0.15, 0.2) is 0 Å². The summed E-state index contributed by atoms with van der Waals surface area (Å²) in [6.07, 6.45) is 7.28. The normalized spacial score (nSPS) is 18.3. The Bertz CT molecular complexity index is 646. The molecule has 1 aliphatic heterocycles. The number of likely N-dealkylation sites (tertiary alicyclic amines) is 1. The molecule has 2 aromatic rings. The summed E-state index contributed by atoms with van der Waals surface area (Å²) in [7, 11) is 2.12. The van der Waals surface area contributed by atoms with Crippen LogP contribution in [0.2, 0.25) is 0 Å². The lowest BCUT2D eigenvalue weighted by Gasteiger charge is -2.19. The van der Waals surface area contributed by atoms with Crippen molar-refractivity contribution in [1.29, 1.82) is 0 Å². The van der Waals surface area contributed by atoms with Gasteiger partial charge in [-0.1, -0.05) is 0 Å². The number of rotatable bonds is 4. The van der Waals surface area contributed by atoms with Gasteiger partial charge >= 0.3 is 0 Å². The number of nitrogens with zero attached hydrogens (tertiary/aromatic N) is 4. The van der Waals surface area contributed by atoms with E-state index in [9.17, 15) is 4.79 Å². The van der Waals surface area contributed by atoms with Gasteiger partial charge in [-0.25, -0.2) is 0 Å². The van der Waals surface area contributed by atoms with Crippen molar-refractivity contribution in [1.82, 2.24) is 25.4 Å². The summed E-state index contributed by atoms with van der Waals surface area (Å²) in [5.74, 6) is -0.167. The van der Waals surface area contributed by atoms with Crippen molar-refractivity contribution in [3.8, 4) is 0 Å². The van der Waals surface area contributed by atoms with E-state index in [2.05, 4.69) is 32.4 Å². The van der Waals surface area contributed by atoms with Crippen LogP contribution in [-0.4, -0.2) is 39.6 Å². The maximum Gasteiger partial charge on any atom is 0.270 e. The van der Waals surface area contributed by atoms with Gasteiger partial charge in [0.1, 0.15) is 5.69 Å². The SMILES string of the molecule is CN1CCC[C@@H]1c1ccnc(C(=O)NCc2ccnnc2)c1. The summed E-state index contributed by atoms with van der Waals surface area (Å²) in [6.45, 7) is 1.52. The highest BCUT2D eigenvalue weighted by molar-refractivity contribution is 5.92. The summed E-state index contributed by atoms with van der Waals surface area (Å²) in [5, 5.41) is 10.4. The van der Waals surface area contributed by atoms with Crippen LogP contribution in [0.4, 0.5) is 0 Å². The number of hydrogen-bond donors (Lipinski definition) is 1. The Labute approximate surface area is 129 Å². The predicted molar refractivity (Wildman–Crippen MR) is 82.0 cm³/mol. The highest BCUT2D eigenvalue weighted by atomic mass is 16.1. The van der Waals surface area contributed by atoms with Gasteiger partial charge in [0.2, 0.25) is 0 Å². The summed E-state index contributed by atoms with van der Waals surface area (Å²) >= 11 is 0. The largest absolute Gasteiger partial charge is 0.347 e. The minimum absolute atomic E-state index is 0.167. The van der Waals surface area contributed by atoms with Crippen molar-refractivity contribution in [3.05, 3.63) is 53.6 Å². The van der Waals surface area contributed by atoms with E-state index in [-0.39, 0.29) is 5.91 Å². The van der Waals surface area contributed by atoms with Crippen molar-refractivity contribution in [2.75, 3.05) is 13.6 Å². The summed E-state index contributed by atoms with van der Waals surface area (Å²) in [4.78, 5) is 18.8. The van der Waals surface area contributed by atoms with E-state index in [1.54, 1.807) is 18.6 Å². The smallest absolute Gasteiger partial charge is 0.270 e. The number of nitrogens with one attached hydrogen (secondary N) is 1. The summed E-state index contributed by atoms with van der Waals surface area (Å²) in [6, 6.07) is 6.10. The Morgan fingerprint density at radius 2 is 2.27 bits per heavy atom. The number of carbonyl (C=O) groups is 1. The summed E-state index contributed by atoms with van der Waals surface area (Å²) < 4.78 is 0. The molecular formula is C16H19N5O. The van der Waals surface area contributed by atoms with Gasteiger partial charge in [-0.15, -0.1) is 0 Å². The lowest BCUT2D eigenvalue weighted by atomic mass is 10.1. The van der Waals surface area contributed by atoms with Crippen LogP contribution in [0.5, 0.6) is 0 Å². The zero-order valence-electron chi connectivity index (χ0n) is 12.6. The Hall–Kier alpha value is -2.34. The molecule has 1 fully saturated rings. The molecule has 1 N–H and O–H groups in total. The van der Waals surface area contributed by atoms with Crippen LogP contribution in [0.3, 0.4) is 0 Å². The maximum absolute atomic E-state index is 12.2. The molecule has 2 aromatic heterocycles. The molecule has 1 amide bonds. The number of aromatic nitrogens is 3. The molecular weight excluding hydrogens is 278 g/mol. The summed E-state index contributed by atoms with van der Waals surface area (Å²) in [5.41, 5.74) is 2.53. The third-order valence-corrected chi connectivity index (χ3v) is 4.02. The van der Waals surface area contributed by atoms with E-state index < -0.39 is 0 Å². The van der Waals surface area contributed by atoms with Gasteiger partial charge in [-0.3, -0.25) is 14.7 Å². The minimum Gasteiger partial charge on any atom is -0.347 e. The molecule has 0 saturated carbocycles. The van der Waals surface area contributed by atoms with E-state index in [0.717, 1.165) is 24.1 Å². The van der Waals surface area contributed by atoms with Gasteiger partial charge in [0, 0.05) is 25.0 Å².